The van der Waals surface area contributed by atoms with E-state index in [2.05, 4.69) is 26.7 Å². The van der Waals surface area contributed by atoms with E-state index in [1.807, 2.05) is 24.5 Å². The van der Waals surface area contributed by atoms with E-state index in [-0.39, 0.29) is 12.2 Å². The minimum Gasteiger partial charge on any atom is -0.374 e. The number of nitrogens with zero attached hydrogens (tertiary/aromatic N) is 2. The van der Waals surface area contributed by atoms with Gasteiger partial charge in [-0.05, 0) is 52.9 Å². The summed E-state index contributed by atoms with van der Waals surface area (Å²) in [6.07, 6.45) is 6.37. The molecule has 2 aromatic heterocycles. The first kappa shape index (κ1) is 15.3. The van der Waals surface area contributed by atoms with Crippen LogP contribution in [-0.4, -0.2) is 41.3 Å². The third-order valence-electron chi connectivity index (χ3n) is 4.76. The number of fused-ring (bicyclic) bond motifs is 1. The van der Waals surface area contributed by atoms with E-state index in [9.17, 15) is 0 Å². The largest absolute Gasteiger partial charge is 0.374 e. The Morgan fingerprint density at radius 1 is 1.26 bits per heavy atom. The Morgan fingerprint density at radius 3 is 3.00 bits per heavy atom. The molecule has 4 nitrogen and oxygen atoms in total. The molecule has 2 aromatic rings. The molecule has 0 bridgehead atoms. The smallest absolute Gasteiger partial charge is 0.100 e. The summed E-state index contributed by atoms with van der Waals surface area (Å²) in [6.45, 7) is 3.45. The number of rotatable bonds is 5. The average molecular weight is 330 g/mol. The van der Waals surface area contributed by atoms with Gasteiger partial charge in [-0.15, -0.1) is 0 Å². The van der Waals surface area contributed by atoms with Gasteiger partial charge in [0.05, 0.1) is 12.7 Å². The second-order valence-electron chi connectivity index (χ2n) is 6.31. The van der Waals surface area contributed by atoms with Crippen molar-refractivity contribution >= 4 is 11.3 Å². The van der Waals surface area contributed by atoms with Crippen LogP contribution in [0.2, 0.25) is 0 Å². The number of likely N-dealkylation sites (tertiary alicyclic amines) is 1. The Balaban J connectivity index is 1.42. The van der Waals surface area contributed by atoms with Gasteiger partial charge >= 0.3 is 0 Å². The molecule has 4 heterocycles. The normalized spacial score (nSPS) is 27.9. The molecule has 0 aromatic carbocycles. The van der Waals surface area contributed by atoms with Gasteiger partial charge in [0.15, 0.2) is 0 Å². The van der Waals surface area contributed by atoms with E-state index in [4.69, 9.17) is 9.47 Å². The third kappa shape index (κ3) is 3.48. The number of hydrogen-bond acceptors (Lipinski definition) is 5. The Hall–Kier alpha value is -1.27. The van der Waals surface area contributed by atoms with Crippen LogP contribution in [0.1, 0.15) is 24.0 Å². The molecule has 4 rings (SSSR count). The number of aromatic nitrogens is 1. The molecule has 5 heteroatoms. The lowest BCUT2D eigenvalue weighted by atomic mass is 10.0. The molecule has 2 saturated heterocycles. The van der Waals surface area contributed by atoms with Crippen LogP contribution in [0.3, 0.4) is 0 Å². The molecule has 0 spiro atoms. The molecule has 2 fully saturated rings. The van der Waals surface area contributed by atoms with Crippen LogP contribution in [0.25, 0.3) is 0 Å². The van der Waals surface area contributed by atoms with Crippen molar-refractivity contribution in [3.8, 4) is 0 Å². The van der Waals surface area contributed by atoms with Crippen molar-refractivity contribution in [3.05, 3.63) is 52.5 Å². The predicted molar refractivity (Wildman–Crippen MR) is 90.3 cm³/mol. The summed E-state index contributed by atoms with van der Waals surface area (Å²) < 4.78 is 12.3. The molecular formula is C18H22N2O2S. The highest BCUT2D eigenvalue weighted by Crippen LogP contribution is 2.32. The monoisotopic (exact) mass is 330 g/mol. The second kappa shape index (κ2) is 7.09. The quantitative estimate of drug-likeness (QED) is 0.844. The fraction of sp³-hybridized carbons (Fsp3) is 0.500. The average Bonchev–Trinajstić information content (AvgIpc) is 3.23. The van der Waals surface area contributed by atoms with E-state index in [1.54, 1.807) is 11.3 Å². The van der Waals surface area contributed by atoms with E-state index >= 15 is 0 Å². The third-order valence-corrected chi connectivity index (χ3v) is 5.49. The maximum atomic E-state index is 6.22. The van der Waals surface area contributed by atoms with Crippen molar-refractivity contribution in [2.45, 2.75) is 44.2 Å². The van der Waals surface area contributed by atoms with Crippen molar-refractivity contribution in [1.82, 2.24) is 9.88 Å². The van der Waals surface area contributed by atoms with E-state index in [0.29, 0.717) is 12.6 Å². The van der Waals surface area contributed by atoms with E-state index < -0.39 is 0 Å². The maximum absolute atomic E-state index is 6.22. The summed E-state index contributed by atoms with van der Waals surface area (Å²) in [5.41, 5.74) is 2.57. The fourth-order valence-electron chi connectivity index (χ4n) is 3.63. The van der Waals surface area contributed by atoms with E-state index in [1.165, 1.54) is 17.5 Å². The lowest BCUT2D eigenvalue weighted by Crippen LogP contribution is -2.41. The van der Waals surface area contributed by atoms with Crippen LogP contribution in [0.5, 0.6) is 0 Å². The molecule has 122 valence electrons. The highest BCUT2D eigenvalue weighted by Gasteiger charge is 2.44. The Bertz CT molecular complexity index is 605. The van der Waals surface area contributed by atoms with Crippen molar-refractivity contribution in [2.24, 2.45) is 0 Å². The molecule has 2 aliphatic rings. The summed E-state index contributed by atoms with van der Waals surface area (Å²) in [5.74, 6) is 0. The van der Waals surface area contributed by atoms with Crippen molar-refractivity contribution in [3.63, 3.8) is 0 Å². The van der Waals surface area contributed by atoms with Gasteiger partial charge in [-0.2, -0.15) is 11.3 Å². The molecule has 0 N–H and O–H groups in total. The highest BCUT2D eigenvalue weighted by atomic mass is 32.1. The lowest BCUT2D eigenvalue weighted by Gasteiger charge is -2.32. The van der Waals surface area contributed by atoms with Gasteiger partial charge in [0.1, 0.15) is 6.10 Å². The summed E-state index contributed by atoms with van der Waals surface area (Å²) in [4.78, 5) is 6.60. The van der Waals surface area contributed by atoms with Crippen LogP contribution in [-0.2, 0) is 22.6 Å². The van der Waals surface area contributed by atoms with Crippen LogP contribution < -0.4 is 0 Å². The second-order valence-corrected chi connectivity index (χ2v) is 7.09. The molecule has 23 heavy (non-hydrogen) atoms. The van der Waals surface area contributed by atoms with Gasteiger partial charge in [0.25, 0.3) is 0 Å². The molecule has 0 aliphatic carbocycles. The van der Waals surface area contributed by atoms with E-state index in [0.717, 1.165) is 26.1 Å². The molecule has 3 atom stereocenters. The lowest BCUT2D eigenvalue weighted by molar-refractivity contribution is -0.0819. The van der Waals surface area contributed by atoms with Crippen molar-refractivity contribution < 1.29 is 9.47 Å². The number of hydrogen-bond donors (Lipinski definition) is 0. The van der Waals surface area contributed by atoms with Gasteiger partial charge in [0.2, 0.25) is 0 Å². The van der Waals surface area contributed by atoms with Gasteiger partial charge < -0.3 is 9.47 Å². The first-order valence-corrected chi connectivity index (χ1v) is 9.21. The minimum atomic E-state index is 0.159. The molecule has 0 radical (unpaired) electrons. The standard InChI is InChI=1S/C18H22N2O2S/c1-2-16-18(21-8-1)17(22-12-14-3-6-19-7-4-14)11-20(16)10-15-5-9-23-13-15/h3-7,9,13,16-18H,1-2,8,10-12H2/t16-,17-,18+/m1/s1. The fourth-order valence-corrected chi connectivity index (χ4v) is 4.29. The summed E-state index contributed by atoms with van der Waals surface area (Å²) >= 11 is 1.77. The number of pyridine rings is 1. The van der Waals surface area contributed by atoms with Crippen LogP contribution in [0.15, 0.2) is 41.4 Å². The van der Waals surface area contributed by atoms with Crippen LogP contribution >= 0.6 is 11.3 Å². The highest BCUT2D eigenvalue weighted by molar-refractivity contribution is 7.07. The maximum Gasteiger partial charge on any atom is 0.100 e. The van der Waals surface area contributed by atoms with Gasteiger partial charge in [-0.3, -0.25) is 9.88 Å². The van der Waals surface area contributed by atoms with Crippen LogP contribution in [0, 0.1) is 0 Å². The first-order valence-electron chi connectivity index (χ1n) is 8.27. The Kier molecular flexibility index (Phi) is 4.71. The predicted octanol–water partition coefficient (Wildman–Crippen LogP) is 3.09. The Labute approximate surface area is 141 Å². The summed E-state index contributed by atoms with van der Waals surface area (Å²) in [5, 5.41) is 4.39. The van der Waals surface area contributed by atoms with Crippen molar-refractivity contribution in [1.29, 1.82) is 0 Å². The molecule has 0 amide bonds. The summed E-state index contributed by atoms with van der Waals surface area (Å²) in [6, 6.07) is 6.73. The summed E-state index contributed by atoms with van der Waals surface area (Å²) in [7, 11) is 0. The topological polar surface area (TPSA) is 34.6 Å². The molecule has 0 unspecified atom stereocenters. The molecule has 0 saturated carbocycles. The minimum absolute atomic E-state index is 0.159. The van der Waals surface area contributed by atoms with Crippen molar-refractivity contribution in [2.75, 3.05) is 13.2 Å². The first-order chi connectivity index (χ1) is 11.4. The molecule has 2 aliphatic heterocycles. The zero-order valence-corrected chi connectivity index (χ0v) is 14.0. The Morgan fingerprint density at radius 2 is 2.17 bits per heavy atom. The zero-order valence-electron chi connectivity index (χ0n) is 13.1. The number of thiophene rings is 1. The van der Waals surface area contributed by atoms with Gasteiger partial charge in [0, 0.05) is 38.1 Å². The zero-order chi connectivity index (χ0) is 15.5. The molecular weight excluding hydrogens is 308 g/mol. The number of ether oxygens (including phenoxy) is 2. The van der Waals surface area contributed by atoms with Gasteiger partial charge in [-0.25, -0.2) is 0 Å². The SMILES string of the molecule is c1cc(CO[C@@H]2CN(Cc3ccsc3)[C@@H]3CCCO[C@@H]32)ccn1. The van der Waals surface area contributed by atoms with Crippen LogP contribution in [0.4, 0.5) is 0 Å². The van der Waals surface area contributed by atoms with Gasteiger partial charge in [-0.1, -0.05) is 0 Å².